The van der Waals surface area contributed by atoms with E-state index in [1.165, 1.54) is 24.3 Å². The molecule has 0 saturated carbocycles. The summed E-state index contributed by atoms with van der Waals surface area (Å²) < 4.78 is 42.5. The molecule has 0 fully saturated rings. The van der Waals surface area contributed by atoms with E-state index in [1.54, 1.807) is 35.2 Å². The summed E-state index contributed by atoms with van der Waals surface area (Å²) in [4.78, 5) is 26.2. The average molecular weight is 524 g/mol. The molecule has 0 aliphatic heterocycles. The van der Waals surface area contributed by atoms with Crippen molar-refractivity contribution in [3.8, 4) is 33.6 Å². The number of aromatic amines is 1. The van der Waals surface area contributed by atoms with Gasteiger partial charge in [-0.15, -0.1) is 10.2 Å². The number of benzene rings is 3. The number of tetrazole rings is 1. The number of aromatic nitrogens is 4. The van der Waals surface area contributed by atoms with Gasteiger partial charge in [0.25, 0.3) is 5.91 Å². The molecule has 0 spiro atoms. The normalized spacial score (nSPS) is 11.3. The number of nitrogens with two attached hydrogens (primary N) is 1. The van der Waals surface area contributed by atoms with Gasteiger partial charge in [0.05, 0.1) is 16.8 Å². The third-order valence-electron chi connectivity index (χ3n) is 6.03. The van der Waals surface area contributed by atoms with Gasteiger partial charge in [0, 0.05) is 24.2 Å². The fourth-order valence-corrected chi connectivity index (χ4v) is 4.29. The Labute approximate surface area is 215 Å². The molecule has 38 heavy (non-hydrogen) atoms. The van der Waals surface area contributed by atoms with Crippen LogP contribution in [0.1, 0.15) is 29.8 Å². The molecule has 1 aromatic heterocycles. The molecule has 0 bridgehead atoms. The van der Waals surface area contributed by atoms with Gasteiger partial charge >= 0.3 is 12.2 Å². The molecular formula is C26H24F3N7O2. The summed E-state index contributed by atoms with van der Waals surface area (Å²) in [6.45, 7) is 4.83. The van der Waals surface area contributed by atoms with Crippen molar-refractivity contribution in [2.75, 3.05) is 18.4 Å². The molecule has 4 rings (SSSR count). The number of anilines is 1. The molecule has 0 unspecified atom stereocenters. The number of nitrogens with one attached hydrogen (secondary N) is 2. The summed E-state index contributed by atoms with van der Waals surface area (Å²) in [5.41, 5.74) is 5.95. The molecule has 9 nitrogen and oxygen atoms in total. The minimum atomic E-state index is -4.68. The van der Waals surface area contributed by atoms with Gasteiger partial charge in [-0.05, 0) is 60.0 Å². The maximum Gasteiger partial charge on any atom is 0.417 e. The van der Waals surface area contributed by atoms with Gasteiger partial charge < -0.3 is 16.0 Å². The highest BCUT2D eigenvalue weighted by Gasteiger charge is 2.35. The number of carbonyl (C=O) groups excluding carboxylic acids is 2. The first kappa shape index (κ1) is 26.3. The Hall–Kier alpha value is -4.74. The summed E-state index contributed by atoms with van der Waals surface area (Å²) in [5, 5.41) is 16.2. The van der Waals surface area contributed by atoms with Crippen molar-refractivity contribution in [1.82, 2.24) is 25.5 Å². The van der Waals surface area contributed by atoms with E-state index in [9.17, 15) is 22.8 Å². The number of carbonyl (C=O) groups is 2. The zero-order chi connectivity index (χ0) is 27.4. The van der Waals surface area contributed by atoms with Gasteiger partial charge in [-0.2, -0.15) is 18.4 Å². The summed E-state index contributed by atoms with van der Waals surface area (Å²) in [7, 11) is 0. The highest BCUT2D eigenvalue weighted by Crippen LogP contribution is 2.47. The molecular weight excluding hydrogens is 499 g/mol. The Morgan fingerprint density at radius 3 is 2.21 bits per heavy atom. The highest BCUT2D eigenvalue weighted by molar-refractivity contribution is 6.03. The lowest BCUT2D eigenvalue weighted by molar-refractivity contribution is -0.137. The quantitative estimate of drug-likeness (QED) is 0.307. The standard InChI is InChI=1S/C26H24F3N7O2/c1-3-36(4-2)24(37)16-11-9-15(10-12-16)17-13-14-20(31-25(30)38)22(23-32-34-35-33-23)21(17)18-7-5-6-8-19(18)26(27,28)29/h5-14H,3-4H2,1-2H3,(H3,30,31,38)(H,32,33,34,35). The van der Waals surface area contributed by atoms with Gasteiger partial charge in [0.2, 0.25) is 5.82 Å². The monoisotopic (exact) mass is 523 g/mol. The van der Waals surface area contributed by atoms with Gasteiger partial charge in [0.1, 0.15) is 0 Å². The van der Waals surface area contributed by atoms with Crippen LogP contribution in [0.25, 0.3) is 33.6 Å². The lowest BCUT2D eigenvalue weighted by atomic mass is 9.86. The number of primary amides is 1. The molecule has 12 heteroatoms. The number of hydrogen-bond acceptors (Lipinski definition) is 5. The first-order chi connectivity index (χ1) is 18.2. The molecule has 0 radical (unpaired) electrons. The molecule has 4 N–H and O–H groups in total. The van der Waals surface area contributed by atoms with E-state index < -0.39 is 17.8 Å². The second kappa shape index (κ2) is 10.7. The van der Waals surface area contributed by atoms with Crippen LogP contribution >= 0.6 is 0 Å². The number of halogens is 3. The van der Waals surface area contributed by atoms with E-state index in [2.05, 4.69) is 25.9 Å². The largest absolute Gasteiger partial charge is 0.417 e. The van der Waals surface area contributed by atoms with E-state index in [-0.39, 0.29) is 34.1 Å². The van der Waals surface area contributed by atoms with E-state index in [0.29, 0.717) is 29.8 Å². The molecule has 1 heterocycles. The van der Waals surface area contributed by atoms with E-state index in [0.717, 1.165) is 6.07 Å². The summed E-state index contributed by atoms with van der Waals surface area (Å²) >= 11 is 0. The number of amides is 3. The number of alkyl halides is 3. The van der Waals surface area contributed by atoms with Crippen LogP contribution in [0.4, 0.5) is 23.7 Å². The van der Waals surface area contributed by atoms with Crippen LogP contribution in [0.5, 0.6) is 0 Å². The van der Waals surface area contributed by atoms with E-state index in [4.69, 9.17) is 5.73 Å². The predicted molar refractivity (Wildman–Crippen MR) is 136 cm³/mol. The van der Waals surface area contributed by atoms with Crippen LogP contribution in [0.2, 0.25) is 0 Å². The fraction of sp³-hybridized carbons (Fsp3) is 0.192. The van der Waals surface area contributed by atoms with Crippen molar-refractivity contribution in [2.45, 2.75) is 20.0 Å². The second-order valence-corrected chi connectivity index (χ2v) is 8.23. The van der Waals surface area contributed by atoms with Crippen molar-refractivity contribution in [1.29, 1.82) is 0 Å². The number of hydrogen-bond donors (Lipinski definition) is 3. The first-order valence-corrected chi connectivity index (χ1v) is 11.7. The number of nitrogens with zero attached hydrogens (tertiary/aromatic N) is 4. The summed E-state index contributed by atoms with van der Waals surface area (Å²) in [6, 6.07) is 13.8. The van der Waals surface area contributed by atoms with Crippen LogP contribution in [0.15, 0.2) is 60.7 Å². The Morgan fingerprint density at radius 2 is 1.63 bits per heavy atom. The minimum Gasteiger partial charge on any atom is -0.351 e. The lowest BCUT2D eigenvalue weighted by Gasteiger charge is -2.21. The van der Waals surface area contributed by atoms with Crippen molar-refractivity contribution < 1.29 is 22.8 Å². The minimum absolute atomic E-state index is 0.0455. The Bertz CT molecular complexity index is 1450. The molecule has 3 amide bonds. The molecule has 0 aliphatic rings. The van der Waals surface area contributed by atoms with Crippen LogP contribution < -0.4 is 11.1 Å². The third-order valence-corrected chi connectivity index (χ3v) is 6.03. The van der Waals surface area contributed by atoms with Crippen LogP contribution in [0, 0.1) is 0 Å². The van der Waals surface area contributed by atoms with Crippen LogP contribution in [-0.2, 0) is 6.18 Å². The van der Waals surface area contributed by atoms with Crippen molar-refractivity contribution >= 4 is 17.6 Å². The lowest BCUT2D eigenvalue weighted by Crippen LogP contribution is -2.30. The number of urea groups is 1. The number of rotatable bonds is 7. The smallest absolute Gasteiger partial charge is 0.351 e. The molecule has 4 aromatic rings. The number of H-pyrrole nitrogens is 1. The summed E-state index contributed by atoms with van der Waals surface area (Å²) in [6.07, 6.45) is -4.68. The topological polar surface area (TPSA) is 130 Å². The van der Waals surface area contributed by atoms with Crippen molar-refractivity contribution in [3.63, 3.8) is 0 Å². The fourth-order valence-electron chi connectivity index (χ4n) is 4.29. The summed E-state index contributed by atoms with van der Waals surface area (Å²) in [5.74, 6) is -0.200. The van der Waals surface area contributed by atoms with Crippen LogP contribution in [0.3, 0.4) is 0 Å². The molecule has 0 atom stereocenters. The van der Waals surface area contributed by atoms with Gasteiger partial charge in [-0.1, -0.05) is 36.4 Å². The first-order valence-electron chi connectivity index (χ1n) is 11.7. The van der Waals surface area contributed by atoms with Crippen molar-refractivity contribution in [2.24, 2.45) is 5.73 Å². The Balaban J connectivity index is 2.01. The highest BCUT2D eigenvalue weighted by atomic mass is 19.4. The van der Waals surface area contributed by atoms with Crippen molar-refractivity contribution in [3.05, 3.63) is 71.8 Å². The molecule has 0 saturated heterocycles. The Morgan fingerprint density at radius 1 is 0.947 bits per heavy atom. The average Bonchev–Trinajstić information content (AvgIpc) is 3.43. The zero-order valence-electron chi connectivity index (χ0n) is 20.5. The van der Waals surface area contributed by atoms with Gasteiger partial charge in [-0.3, -0.25) is 4.79 Å². The van der Waals surface area contributed by atoms with E-state index in [1.807, 2.05) is 13.8 Å². The maximum atomic E-state index is 14.2. The predicted octanol–water partition coefficient (Wildman–Crippen LogP) is 5.19. The second-order valence-electron chi connectivity index (χ2n) is 8.23. The molecule has 0 aliphatic carbocycles. The van der Waals surface area contributed by atoms with E-state index >= 15 is 0 Å². The maximum absolute atomic E-state index is 14.2. The Kier molecular flexibility index (Phi) is 7.42. The van der Waals surface area contributed by atoms with Gasteiger partial charge in [-0.25, -0.2) is 4.79 Å². The van der Waals surface area contributed by atoms with Gasteiger partial charge in [0.15, 0.2) is 0 Å². The molecule has 3 aromatic carbocycles. The SMILES string of the molecule is CCN(CC)C(=O)c1ccc(-c2ccc(NC(N)=O)c(-c3nn[nH]n3)c2-c2ccccc2C(F)(F)F)cc1. The zero-order valence-corrected chi connectivity index (χ0v) is 20.5. The van der Waals surface area contributed by atoms with Crippen LogP contribution in [-0.4, -0.2) is 50.6 Å². The molecule has 196 valence electrons. The third kappa shape index (κ3) is 5.19.